The first-order valence-electron chi connectivity index (χ1n) is 8.96. The summed E-state index contributed by atoms with van der Waals surface area (Å²) >= 11 is 0. The van der Waals surface area contributed by atoms with E-state index in [1.165, 1.54) is 5.56 Å². The van der Waals surface area contributed by atoms with Crippen molar-refractivity contribution in [3.05, 3.63) is 41.2 Å². The Kier molecular flexibility index (Phi) is 4.50. The normalized spacial score (nSPS) is 22.0. The minimum Gasteiger partial charge on any atom is -0.493 e. The number of aromatic amines is 1. The molecular formula is C18H24N4O3S. The monoisotopic (exact) mass is 376 g/mol. The molecule has 26 heavy (non-hydrogen) atoms. The molecule has 0 spiro atoms. The van der Waals surface area contributed by atoms with Crippen molar-refractivity contribution < 1.29 is 13.2 Å². The number of para-hydroxylation sites is 1. The highest BCUT2D eigenvalue weighted by atomic mass is 32.2. The Morgan fingerprint density at radius 2 is 1.88 bits per heavy atom. The largest absolute Gasteiger partial charge is 0.493 e. The molecule has 1 aromatic heterocycles. The van der Waals surface area contributed by atoms with Crippen molar-refractivity contribution in [2.24, 2.45) is 0 Å². The molecule has 2 aliphatic rings. The van der Waals surface area contributed by atoms with Crippen molar-refractivity contribution in [1.29, 1.82) is 0 Å². The number of aromatic nitrogens is 2. The van der Waals surface area contributed by atoms with E-state index in [-0.39, 0.29) is 0 Å². The summed E-state index contributed by atoms with van der Waals surface area (Å²) in [4.78, 5) is 2.70. The molecule has 0 bridgehead atoms. The Morgan fingerprint density at radius 1 is 1.15 bits per heavy atom. The molecule has 8 heteroatoms. The van der Waals surface area contributed by atoms with Crippen molar-refractivity contribution in [3.63, 3.8) is 0 Å². The maximum atomic E-state index is 13.0. The summed E-state index contributed by atoms with van der Waals surface area (Å²) in [6, 6.07) is 8.43. The second kappa shape index (κ2) is 6.68. The molecule has 2 aliphatic heterocycles. The van der Waals surface area contributed by atoms with Crippen molar-refractivity contribution in [3.8, 4) is 5.75 Å². The summed E-state index contributed by atoms with van der Waals surface area (Å²) in [5, 5.41) is 6.81. The van der Waals surface area contributed by atoms with Crippen LogP contribution in [0.3, 0.4) is 0 Å². The van der Waals surface area contributed by atoms with Gasteiger partial charge in [0.25, 0.3) is 0 Å². The van der Waals surface area contributed by atoms with Crippen molar-refractivity contribution >= 4 is 10.0 Å². The van der Waals surface area contributed by atoms with Gasteiger partial charge in [-0.3, -0.25) is 10.00 Å². The number of rotatable bonds is 3. The summed E-state index contributed by atoms with van der Waals surface area (Å²) in [5.74, 6) is 0.948. The number of hydrogen-bond donors (Lipinski definition) is 1. The van der Waals surface area contributed by atoms with E-state index in [1.807, 2.05) is 18.2 Å². The van der Waals surface area contributed by atoms with Crippen LogP contribution in [0.15, 0.2) is 29.2 Å². The van der Waals surface area contributed by atoms with Crippen molar-refractivity contribution in [2.75, 3.05) is 32.8 Å². The van der Waals surface area contributed by atoms with Gasteiger partial charge in [0.1, 0.15) is 10.6 Å². The maximum absolute atomic E-state index is 13.0. The minimum absolute atomic E-state index is 0.294. The average Bonchev–Trinajstić information content (AvgIpc) is 3.00. The molecule has 1 saturated heterocycles. The SMILES string of the molecule is Cc1n[nH]c(C)c1S(=O)(=O)N1CCN(C2CCOc3ccccc32)CC1. The average molecular weight is 376 g/mol. The first kappa shape index (κ1) is 17.5. The number of ether oxygens (including phenoxy) is 1. The van der Waals surface area contributed by atoms with Gasteiger partial charge in [0.2, 0.25) is 10.0 Å². The second-order valence-electron chi connectivity index (χ2n) is 6.89. The first-order chi connectivity index (χ1) is 12.5. The Hall–Kier alpha value is -1.90. The van der Waals surface area contributed by atoms with E-state index in [4.69, 9.17) is 4.74 Å². The molecule has 140 valence electrons. The molecule has 1 N–H and O–H groups in total. The number of nitrogens with zero attached hydrogens (tertiary/aromatic N) is 3. The smallest absolute Gasteiger partial charge is 0.246 e. The van der Waals surface area contributed by atoms with Gasteiger partial charge >= 0.3 is 0 Å². The molecule has 1 aromatic carbocycles. The van der Waals surface area contributed by atoms with Gasteiger partial charge in [0.05, 0.1) is 18.0 Å². The number of fused-ring (bicyclic) bond motifs is 1. The summed E-state index contributed by atoms with van der Waals surface area (Å²) in [6.45, 7) is 6.60. The van der Waals surface area contributed by atoms with Crippen molar-refractivity contribution in [1.82, 2.24) is 19.4 Å². The van der Waals surface area contributed by atoms with Gasteiger partial charge in [-0.2, -0.15) is 9.40 Å². The van der Waals surface area contributed by atoms with Crippen LogP contribution in [0.2, 0.25) is 0 Å². The van der Waals surface area contributed by atoms with Crippen LogP contribution in [-0.4, -0.2) is 60.6 Å². The lowest BCUT2D eigenvalue weighted by molar-refractivity contribution is 0.103. The number of sulfonamides is 1. The van der Waals surface area contributed by atoms with Gasteiger partial charge in [-0.1, -0.05) is 18.2 Å². The van der Waals surface area contributed by atoms with Crippen molar-refractivity contribution in [2.45, 2.75) is 31.2 Å². The van der Waals surface area contributed by atoms with Crippen LogP contribution in [0.4, 0.5) is 0 Å². The molecule has 1 unspecified atom stereocenters. The van der Waals surface area contributed by atoms with Crippen LogP contribution in [0.1, 0.15) is 29.4 Å². The molecule has 4 rings (SSSR count). The third-order valence-electron chi connectivity index (χ3n) is 5.30. The van der Waals surface area contributed by atoms with Crippen LogP contribution in [0, 0.1) is 13.8 Å². The first-order valence-corrected chi connectivity index (χ1v) is 10.4. The quantitative estimate of drug-likeness (QED) is 0.885. The number of nitrogens with one attached hydrogen (secondary N) is 1. The van der Waals surface area contributed by atoms with Gasteiger partial charge in [-0.05, 0) is 19.9 Å². The fourth-order valence-corrected chi connectivity index (χ4v) is 5.76. The number of aryl methyl sites for hydroxylation is 2. The molecule has 0 saturated carbocycles. The Balaban J connectivity index is 1.50. The fourth-order valence-electron chi connectivity index (χ4n) is 4.01. The third-order valence-corrected chi connectivity index (χ3v) is 7.46. The van der Waals surface area contributed by atoms with Crippen LogP contribution < -0.4 is 4.74 Å². The van der Waals surface area contributed by atoms with Crippen LogP contribution >= 0.6 is 0 Å². The third kappa shape index (κ3) is 2.91. The lowest BCUT2D eigenvalue weighted by Crippen LogP contribution is -2.50. The number of benzene rings is 1. The van der Waals surface area contributed by atoms with E-state index in [0.29, 0.717) is 55.1 Å². The van der Waals surface area contributed by atoms with Gasteiger partial charge in [0.15, 0.2) is 0 Å². The lowest BCUT2D eigenvalue weighted by Gasteiger charge is -2.40. The summed E-state index contributed by atoms with van der Waals surface area (Å²) in [5.41, 5.74) is 2.34. The summed E-state index contributed by atoms with van der Waals surface area (Å²) < 4.78 is 33.3. The molecule has 3 heterocycles. The van der Waals surface area contributed by atoms with E-state index < -0.39 is 10.0 Å². The highest BCUT2D eigenvalue weighted by Crippen LogP contribution is 2.36. The molecule has 0 radical (unpaired) electrons. The molecular weight excluding hydrogens is 352 g/mol. The fraction of sp³-hybridized carbons (Fsp3) is 0.500. The molecule has 0 aliphatic carbocycles. The van der Waals surface area contributed by atoms with Gasteiger partial charge in [-0.15, -0.1) is 0 Å². The zero-order chi connectivity index (χ0) is 18.3. The summed E-state index contributed by atoms with van der Waals surface area (Å²) in [6.07, 6.45) is 0.934. The molecule has 1 atom stereocenters. The van der Waals surface area contributed by atoms with Gasteiger partial charge in [-0.25, -0.2) is 8.42 Å². The van der Waals surface area contributed by atoms with E-state index in [9.17, 15) is 8.42 Å². The maximum Gasteiger partial charge on any atom is 0.246 e. The second-order valence-corrected chi connectivity index (χ2v) is 8.77. The predicted octanol–water partition coefficient (Wildman–Crippen LogP) is 1.86. The zero-order valence-corrected chi connectivity index (χ0v) is 15.9. The van der Waals surface area contributed by atoms with Crippen LogP contribution in [0.25, 0.3) is 0 Å². The molecule has 7 nitrogen and oxygen atoms in total. The predicted molar refractivity (Wildman–Crippen MR) is 97.7 cm³/mol. The molecule has 0 amide bonds. The van der Waals surface area contributed by atoms with Crippen LogP contribution in [0.5, 0.6) is 5.75 Å². The van der Waals surface area contributed by atoms with Crippen LogP contribution in [-0.2, 0) is 10.0 Å². The van der Waals surface area contributed by atoms with E-state index in [2.05, 4.69) is 21.2 Å². The number of H-pyrrole nitrogens is 1. The minimum atomic E-state index is -3.51. The standard InChI is InChI=1S/C18H24N4O3S/c1-13-18(14(2)20-19-13)26(23,24)22-10-8-21(9-11-22)16-7-12-25-17-6-4-3-5-15(16)17/h3-6,16H,7-12H2,1-2H3,(H,19,20). The van der Waals surface area contributed by atoms with Gasteiger partial charge < -0.3 is 4.74 Å². The number of piperazine rings is 1. The molecule has 1 fully saturated rings. The Bertz CT molecular complexity index is 881. The van der Waals surface area contributed by atoms with E-state index in [1.54, 1.807) is 18.2 Å². The highest BCUT2D eigenvalue weighted by molar-refractivity contribution is 7.89. The van der Waals surface area contributed by atoms with E-state index >= 15 is 0 Å². The van der Waals surface area contributed by atoms with E-state index in [0.717, 1.165) is 12.2 Å². The van der Waals surface area contributed by atoms with Gasteiger partial charge in [0, 0.05) is 44.2 Å². The Morgan fingerprint density at radius 3 is 2.58 bits per heavy atom. The molecule has 2 aromatic rings. The topological polar surface area (TPSA) is 78.5 Å². The highest BCUT2D eigenvalue weighted by Gasteiger charge is 2.35. The summed E-state index contributed by atoms with van der Waals surface area (Å²) in [7, 11) is -3.51. The lowest BCUT2D eigenvalue weighted by atomic mass is 9.98. The Labute approximate surface area is 154 Å². The number of hydrogen-bond acceptors (Lipinski definition) is 5. The zero-order valence-electron chi connectivity index (χ0n) is 15.1.